The smallest absolute Gasteiger partial charge is 0.000789 e. The maximum absolute atomic E-state index is 2.27. The summed E-state index contributed by atoms with van der Waals surface area (Å²) in [6.07, 6.45) is 0. The van der Waals surface area contributed by atoms with Gasteiger partial charge in [-0.3, -0.25) is 0 Å². The molecule has 0 radical (unpaired) electrons. The van der Waals surface area contributed by atoms with Crippen LogP contribution in [0.2, 0.25) is 0 Å². The third kappa shape index (κ3) is 2.25. The average molecular weight is 240 g/mol. The van der Waals surface area contributed by atoms with Crippen LogP contribution in [0.25, 0.3) is 0 Å². The van der Waals surface area contributed by atoms with Crippen LogP contribution in [-0.4, -0.2) is 11.5 Å². The van der Waals surface area contributed by atoms with Crippen molar-refractivity contribution in [1.82, 2.24) is 0 Å². The Kier molecular flexibility index (Phi) is 3.19. The zero-order chi connectivity index (χ0) is 11.5. The van der Waals surface area contributed by atoms with Gasteiger partial charge in [-0.25, -0.2) is 0 Å². The van der Waals surface area contributed by atoms with Gasteiger partial charge in [-0.1, -0.05) is 60.7 Å². The summed E-state index contributed by atoms with van der Waals surface area (Å²) in [4.78, 5) is 0. The Morgan fingerprint density at radius 3 is 1.47 bits per heavy atom. The summed E-state index contributed by atoms with van der Waals surface area (Å²) >= 11 is 2.08. The van der Waals surface area contributed by atoms with E-state index in [1.165, 1.54) is 22.6 Å². The SMILES string of the molecule is c1ccc([C@H]2CSC[C@@H]2c2ccccc2)cc1. The van der Waals surface area contributed by atoms with E-state index < -0.39 is 0 Å². The average Bonchev–Trinajstić information content (AvgIpc) is 2.90. The molecule has 0 N–H and O–H groups in total. The molecule has 0 bridgehead atoms. The first-order valence-electron chi connectivity index (χ1n) is 6.13. The minimum absolute atomic E-state index is 0.684. The summed E-state index contributed by atoms with van der Waals surface area (Å²) in [6.45, 7) is 0. The first-order chi connectivity index (χ1) is 8.45. The lowest BCUT2D eigenvalue weighted by Crippen LogP contribution is -2.08. The highest BCUT2D eigenvalue weighted by Gasteiger charge is 2.29. The Morgan fingerprint density at radius 2 is 1.06 bits per heavy atom. The van der Waals surface area contributed by atoms with E-state index in [2.05, 4.69) is 72.4 Å². The van der Waals surface area contributed by atoms with Gasteiger partial charge in [0.25, 0.3) is 0 Å². The van der Waals surface area contributed by atoms with Crippen LogP contribution in [0, 0.1) is 0 Å². The lowest BCUT2D eigenvalue weighted by atomic mass is 9.84. The maximum Gasteiger partial charge on any atom is 0.000789 e. The van der Waals surface area contributed by atoms with E-state index in [4.69, 9.17) is 0 Å². The molecular formula is C16H16S. The van der Waals surface area contributed by atoms with Crippen LogP contribution in [0.4, 0.5) is 0 Å². The van der Waals surface area contributed by atoms with Crippen molar-refractivity contribution in [2.24, 2.45) is 0 Å². The molecule has 17 heavy (non-hydrogen) atoms. The molecule has 0 aliphatic carbocycles. The van der Waals surface area contributed by atoms with Crippen LogP contribution in [0.1, 0.15) is 23.0 Å². The van der Waals surface area contributed by atoms with Crippen molar-refractivity contribution in [3.05, 3.63) is 71.8 Å². The molecular weight excluding hydrogens is 224 g/mol. The normalized spacial score (nSPS) is 23.8. The molecule has 0 amide bonds. The molecule has 2 aromatic carbocycles. The van der Waals surface area contributed by atoms with Crippen LogP contribution in [0.5, 0.6) is 0 Å². The molecule has 2 aromatic rings. The second-order valence-electron chi connectivity index (χ2n) is 4.57. The molecule has 0 nitrogen and oxygen atoms in total. The highest BCUT2D eigenvalue weighted by molar-refractivity contribution is 7.99. The van der Waals surface area contributed by atoms with Crippen molar-refractivity contribution in [3.8, 4) is 0 Å². The molecule has 1 saturated heterocycles. The van der Waals surface area contributed by atoms with E-state index in [1.54, 1.807) is 0 Å². The second-order valence-corrected chi connectivity index (χ2v) is 5.65. The minimum atomic E-state index is 0.684. The van der Waals surface area contributed by atoms with E-state index in [9.17, 15) is 0 Å². The number of rotatable bonds is 2. The molecule has 0 saturated carbocycles. The molecule has 2 atom stereocenters. The monoisotopic (exact) mass is 240 g/mol. The van der Waals surface area contributed by atoms with Crippen LogP contribution < -0.4 is 0 Å². The van der Waals surface area contributed by atoms with Crippen molar-refractivity contribution < 1.29 is 0 Å². The molecule has 1 heterocycles. The topological polar surface area (TPSA) is 0 Å². The summed E-state index contributed by atoms with van der Waals surface area (Å²) < 4.78 is 0. The third-order valence-electron chi connectivity index (χ3n) is 3.54. The van der Waals surface area contributed by atoms with Crippen molar-refractivity contribution in [1.29, 1.82) is 0 Å². The lowest BCUT2D eigenvalue weighted by Gasteiger charge is -2.19. The summed E-state index contributed by atoms with van der Waals surface area (Å²) in [7, 11) is 0. The fourth-order valence-corrected chi connectivity index (χ4v) is 4.11. The minimum Gasteiger partial charge on any atom is -0.161 e. The molecule has 0 unspecified atom stereocenters. The fraction of sp³-hybridized carbons (Fsp3) is 0.250. The molecule has 1 aliphatic rings. The van der Waals surface area contributed by atoms with E-state index in [0.717, 1.165) is 0 Å². The van der Waals surface area contributed by atoms with E-state index >= 15 is 0 Å². The van der Waals surface area contributed by atoms with Crippen LogP contribution >= 0.6 is 11.8 Å². The van der Waals surface area contributed by atoms with Crippen molar-refractivity contribution in [3.63, 3.8) is 0 Å². The van der Waals surface area contributed by atoms with Gasteiger partial charge in [0, 0.05) is 23.3 Å². The standard InChI is InChI=1S/C16H16S/c1-3-7-13(8-4-1)15-11-17-12-16(15)14-9-5-2-6-10-14/h1-10,15-16H,11-12H2/t15-,16-/m1/s1. The number of hydrogen-bond acceptors (Lipinski definition) is 1. The number of hydrogen-bond donors (Lipinski definition) is 0. The van der Waals surface area contributed by atoms with Gasteiger partial charge < -0.3 is 0 Å². The predicted molar refractivity (Wildman–Crippen MR) is 75.7 cm³/mol. The molecule has 0 aromatic heterocycles. The van der Waals surface area contributed by atoms with Gasteiger partial charge in [0.1, 0.15) is 0 Å². The first-order valence-corrected chi connectivity index (χ1v) is 7.28. The Bertz CT molecular complexity index is 418. The van der Waals surface area contributed by atoms with Gasteiger partial charge in [-0.2, -0.15) is 11.8 Å². The summed E-state index contributed by atoms with van der Waals surface area (Å²) in [5.41, 5.74) is 2.98. The van der Waals surface area contributed by atoms with Gasteiger partial charge in [-0.05, 0) is 11.1 Å². The van der Waals surface area contributed by atoms with E-state index in [1.807, 2.05) is 0 Å². The number of benzene rings is 2. The van der Waals surface area contributed by atoms with Gasteiger partial charge in [0.2, 0.25) is 0 Å². The Labute approximate surface area is 107 Å². The third-order valence-corrected chi connectivity index (χ3v) is 4.73. The maximum atomic E-state index is 2.27. The molecule has 0 spiro atoms. The summed E-state index contributed by atoms with van der Waals surface area (Å²) in [5, 5.41) is 0. The Balaban J connectivity index is 1.91. The quantitative estimate of drug-likeness (QED) is 0.754. The second kappa shape index (κ2) is 4.97. The largest absolute Gasteiger partial charge is 0.161 e. The van der Waals surface area contributed by atoms with Crippen molar-refractivity contribution in [2.45, 2.75) is 11.8 Å². The molecule has 1 heteroatoms. The fourth-order valence-electron chi connectivity index (χ4n) is 2.61. The van der Waals surface area contributed by atoms with Gasteiger partial charge >= 0.3 is 0 Å². The van der Waals surface area contributed by atoms with Crippen molar-refractivity contribution >= 4 is 11.8 Å². The summed E-state index contributed by atoms with van der Waals surface area (Å²) in [6, 6.07) is 21.9. The summed E-state index contributed by atoms with van der Waals surface area (Å²) in [5.74, 6) is 3.87. The van der Waals surface area contributed by atoms with Gasteiger partial charge in [-0.15, -0.1) is 0 Å². The Hall–Kier alpha value is -1.21. The van der Waals surface area contributed by atoms with Gasteiger partial charge in [0.15, 0.2) is 0 Å². The molecule has 86 valence electrons. The zero-order valence-electron chi connectivity index (χ0n) is 9.75. The first kappa shape index (κ1) is 10.9. The van der Waals surface area contributed by atoms with Crippen molar-refractivity contribution in [2.75, 3.05) is 11.5 Å². The molecule has 1 fully saturated rings. The van der Waals surface area contributed by atoms with E-state index in [-0.39, 0.29) is 0 Å². The molecule has 1 aliphatic heterocycles. The van der Waals surface area contributed by atoms with Crippen LogP contribution in [-0.2, 0) is 0 Å². The highest BCUT2D eigenvalue weighted by Crippen LogP contribution is 2.43. The lowest BCUT2D eigenvalue weighted by molar-refractivity contribution is 0.666. The number of thioether (sulfide) groups is 1. The van der Waals surface area contributed by atoms with Crippen LogP contribution in [0.3, 0.4) is 0 Å². The highest BCUT2D eigenvalue weighted by atomic mass is 32.2. The van der Waals surface area contributed by atoms with Crippen LogP contribution in [0.15, 0.2) is 60.7 Å². The Morgan fingerprint density at radius 1 is 0.647 bits per heavy atom. The van der Waals surface area contributed by atoms with Gasteiger partial charge in [0.05, 0.1) is 0 Å². The predicted octanol–water partition coefficient (Wildman–Crippen LogP) is 4.30. The molecule has 3 rings (SSSR count). The zero-order valence-corrected chi connectivity index (χ0v) is 10.6. The van der Waals surface area contributed by atoms with E-state index in [0.29, 0.717) is 11.8 Å².